The molecule has 3 rings (SSSR count). The highest BCUT2D eigenvalue weighted by atomic mass is 16.2. The molecule has 1 aromatic heterocycles. The Kier molecular flexibility index (Phi) is 5.51. The first kappa shape index (κ1) is 17.9. The first-order valence-electron chi connectivity index (χ1n) is 8.85. The Morgan fingerprint density at radius 1 is 1.04 bits per heavy atom. The van der Waals surface area contributed by atoms with Crippen molar-refractivity contribution < 1.29 is 14.4 Å². The number of amides is 2. The van der Waals surface area contributed by atoms with E-state index >= 15 is 0 Å². The number of Topliss-reactive ketones (excluding diaryl/α,β-unsaturated/α-hetero) is 1. The summed E-state index contributed by atoms with van der Waals surface area (Å²) in [4.78, 5) is 38.2. The van der Waals surface area contributed by atoms with Gasteiger partial charge in [0, 0.05) is 43.4 Å². The molecule has 1 aliphatic rings. The molecule has 1 aliphatic heterocycles. The molecular formula is C20H23N3O3. The summed E-state index contributed by atoms with van der Waals surface area (Å²) in [5, 5.41) is 2.60. The lowest BCUT2D eigenvalue weighted by Gasteiger charge is -2.35. The molecule has 1 atom stereocenters. The van der Waals surface area contributed by atoms with Crippen molar-refractivity contribution in [3.8, 4) is 0 Å². The summed E-state index contributed by atoms with van der Waals surface area (Å²) in [5.41, 5.74) is 1.68. The lowest BCUT2D eigenvalue weighted by molar-refractivity contribution is -0.136. The predicted octanol–water partition coefficient (Wildman–Crippen LogP) is 2.17. The smallest absolute Gasteiger partial charge is 0.223 e. The van der Waals surface area contributed by atoms with E-state index in [4.69, 9.17) is 0 Å². The van der Waals surface area contributed by atoms with Crippen LogP contribution in [0.15, 0.2) is 48.7 Å². The molecule has 6 heteroatoms. The van der Waals surface area contributed by atoms with Crippen LogP contribution in [-0.2, 0) is 16.1 Å². The second-order valence-electron chi connectivity index (χ2n) is 6.46. The minimum absolute atomic E-state index is 0.00831. The molecule has 0 spiro atoms. The Balaban J connectivity index is 1.44. The van der Waals surface area contributed by atoms with Crippen LogP contribution in [0.1, 0.15) is 41.9 Å². The van der Waals surface area contributed by atoms with Gasteiger partial charge in [0.1, 0.15) is 0 Å². The van der Waals surface area contributed by atoms with Crippen LogP contribution >= 0.6 is 0 Å². The van der Waals surface area contributed by atoms with Crippen LogP contribution in [0.3, 0.4) is 0 Å². The normalized spacial score (nSPS) is 16.0. The number of hydrogen-bond acceptors (Lipinski definition) is 3. The summed E-state index contributed by atoms with van der Waals surface area (Å²) >= 11 is 0. The van der Waals surface area contributed by atoms with Gasteiger partial charge in [-0.3, -0.25) is 14.4 Å². The van der Waals surface area contributed by atoms with Gasteiger partial charge < -0.3 is 14.8 Å². The van der Waals surface area contributed by atoms with E-state index in [-0.39, 0.29) is 43.0 Å². The van der Waals surface area contributed by atoms with Crippen molar-refractivity contribution in [2.45, 2.75) is 32.4 Å². The molecule has 0 saturated heterocycles. The number of aromatic nitrogens is 1. The second kappa shape index (κ2) is 7.99. The Labute approximate surface area is 152 Å². The summed E-state index contributed by atoms with van der Waals surface area (Å²) in [6.45, 7) is 3.37. The van der Waals surface area contributed by atoms with E-state index in [9.17, 15) is 14.4 Å². The SMILES string of the molecule is C[C@H]1c2cccn2CCN1C(=O)CCC(=O)NCC(=O)c1ccccc1. The molecule has 2 heterocycles. The topological polar surface area (TPSA) is 71.4 Å². The summed E-state index contributed by atoms with van der Waals surface area (Å²) < 4.78 is 2.15. The maximum Gasteiger partial charge on any atom is 0.223 e. The van der Waals surface area contributed by atoms with Crippen molar-refractivity contribution >= 4 is 17.6 Å². The number of carbonyl (C=O) groups is 3. The maximum absolute atomic E-state index is 12.5. The van der Waals surface area contributed by atoms with Crippen LogP contribution in [0.4, 0.5) is 0 Å². The Hall–Kier alpha value is -2.89. The number of nitrogens with one attached hydrogen (secondary N) is 1. The number of carbonyl (C=O) groups excluding carboxylic acids is 3. The molecule has 0 unspecified atom stereocenters. The van der Waals surface area contributed by atoms with Crippen LogP contribution < -0.4 is 5.32 Å². The predicted molar refractivity (Wildman–Crippen MR) is 97.6 cm³/mol. The highest BCUT2D eigenvalue weighted by Gasteiger charge is 2.27. The van der Waals surface area contributed by atoms with Crippen LogP contribution in [0, 0.1) is 0 Å². The average Bonchev–Trinajstić information content (AvgIpc) is 3.15. The molecule has 1 aromatic carbocycles. The summed E-state index contributed by atoms with van der Waals surface area (Å²) in [7, 11) is 0. The molecule has 0 fully saturated rings. The van der Waals surface area contributed by atoms with E-state index in [2.05, 4.69) is 9.88 Å². The van der Waals surface area contributed by atoms with Gasteiger partial charge in [-0.25, -0.2) is 0 Å². The minimum atomic E-state index is -0.282. The Bertz CT molecular complexity index is 798. The molecule has 0 saturated carbocycles. The number of fused-ring (bicyclic) bond motifs is 1. The highest BCUT2D eigenvalue weighted by Crippen LogP contribution is 2.25. The Morgan fingerprint density at radius 3 is 2.58 bits per heavy atom. The van der Waals surface area contributed by atoms with Gasteiger partial charge in [-0.2, -0.15) is 0 Å². The van der Waals surface area contributed by atoms with Crippen molar-refractivity contribution in [2.24, 2.45) is 0 Å². The lowest BCUT2D eigenvalue weighted by atomic mass is 10.1. The van der Waals surface area contributed by atoms with Crippen LogP contribution in [0.25, 0.3) is 0 Å². The van der Waals surface area contributed by atoms with E-state index in [1.807, 2.05) is 36.2 Å². The van der Waals surface area contributed by atoms with Crippen molar-refractivity contribution in [1.29, 1.82) is 0 Å². The quantitative estimate of drug-likeness (QED) is 0.809. The molecule has 6 nitrogen and oxygen atoms in total. The molecule has 1 N–H and O–H groups in total. The second-order valence-corrected chi connectivity index (χ2v) is 6.46. The number of rotatable bonds is 6. The molecule has 2 aromatic rings. The largest absolute Gasteiger partial charge is 0.349 e. The third-order valence-corrected chi connectivity index (χ3v) is 4.77. The average molecular weight is 353 g/mol. The van der Waals surface area contributed by atoms with E-state index in [0.717, 1.165) is 12.2 Å². The van der Waals surface area contributed by atoms with Gasteiger partial charge in [0.05, 0.1) is 12.6 Å². The number of ketones is 1. The van der Waals surface area contributed by atoms with Gasteiger partial charge in [-0.15, -0.1) is 0 Å². The standard InChI is InChI=1S/C20H23N3O3/c1-15-17-8-5-11-22(17)12-13-23(15)20(26)10-9-19(25)21-14-18(24)16-6-3-2-4-7-16/h2-8,11,15H,9-10,12-14H2,1H3,(H,21,25)/t15-/m0/s1. The maximum atomic E-state index is 12.5. The fourth-order valence-corrected chi connectivity index (χ4v) is 3.28. The van der Waals surface area contributed by atoms with E-state index in [1.54, 1.807) is 24.3 Å². The van der Waals surface area contributed by atoms with Crippen LogP contribution in [0.2, 0.25) is 0 Å². The van der Waals surface area contributed by atoms with Gasteiger partial charge in [0.15, 0.2) is 5.78 Å². The monoisotopic (exact) mass is 353 g/mol. The zero-order valence-electron chi connectivity index (χ0n) is 14.9. The molecule has 0 aliphatic carbocycles. The molecule has 0 bridgehead atoms. The van der Waals surface area contributed by atoms with Gasteiger partial charge in [-0.05, 0) is 19.1 Å². The molecule has 2 amide bonds. The van der Waals surface area contributed by atoms with Gasteiger partial charge in [0.2, 0.25) is 11.8 Å². The van der Waals surface area contributed by atoms with Crippen LogP contribution in [0.5, 0.6) is 0 Å². The van der Waals surface area contributed by atoms with Crippen molar-refractivity contribution in [3.63, 3.8) is 0 Å². The molecular weight excluding hydrogens is 330 g/mol. The van der Waals surface area contributed by atoms with Crippen LogP contribution in [-0.4, -0.2) is 40.2 Å². The third kappa shape index (κ3) is 4.02. The lowest BCUT2D eigenvalue weighted by Crippen LogP contribution is -2.41. The highest BCUT2D eigenvalue weighted by molar-refractivity contribution is 5.99. The molecule has 0 radical (unpaired) electrons. The molecule has 136 valence electrons. The van der Waals surface area contributed by atoms with Gasteiger partial charge in [-0.1, -0.05) is 30.3 Å². The summed E-state index contributed by atoms with van der Waals surface area (Å²) in [5.74, 6) is -0.458. The fourth-order valence-electron chi connectivity index (χ4n) is 3.28. The van der Waals surface area contributed by atoms with Gasteiger partial charge in [0.25, 0.3) is 0 Å². The molecule has 26 heavy (non-hydrogen) atoms. The van der Waals surface area contributed by atoms with E-state index < -0.39 is 0 Å². The zero-order valence-corrected chi connectivity index (χ0v) is 14.9. The van der Waals surface area contributed by atoms with Crippen molar-refractivity contribution in [2.75, 3.05) is 13.1 Å². The van der Waals surface area contributed by atoms with Crippen molar-refractivity contribution in [1.82, 2.24) is 14.8 Å². The minimum Gasteiger partial charge on any atom is -0.349 e. The zero-order chi connectivity index (χ0) is 18.5. The van der Waals surface area contributed by atoms with Crippen molar-refractivity contribution in [3.05, 3.63) is 59.9 Å². The number of hydrogen-bond donors (Lipinski definition) is 1. The van der Waals surface area contributed by atoms with E-state index in [1.165, 1.54) is 0 Å². The first-order valence-corrected chi connectivity index (χ1v) is 8.85. The number of nitrogens with zero attached hydrogens (tertiary/aromatic N) is 2. The fraction of sp³-hybridized carbons (Fsp3) is 0.350. The third-order valence-electron chi connectivity index (χ3n) is 4.77. The Morgan fingerprint density at radius 2 is 1.81 bits per heavy atom. The summed E-state index contributed by atoms with van der Waals surface area (Å²) in [6.07, 6.45) is 2.26. The van der Waals surface area contributed by atoms with E-state index in [0.29, 0.717) is 12.1 Å². The number of benzene rings is 1. The van der Waals surface area contributed by atoms with Gasteiger partial charge >= 0.3 is 0 Å². The first-order chi connectivity index (χ1) is 12.6. The summed E-state index contributed by atoms with van der Waals surface area (Å²) in [6, 6.07) is 12.8.